The molecule has 1 fully saturated rings. The second kappa shape index (κ2) is 9.36. The van der Waals surface area contributed by atoms with E-state index < -0.39 is 17.7 Å². The third-order valence-corrected chi connectivity index (χ3v) is 5.42. The van der Waals surface area contributed by atoms with Crippen LogP contribution >= 0.6 is 23.2 Å². The van der Waals surface area contributed by atoms with Gasteiger partial charge in [-0.1, -0.05) is 29.3 Å². The van der Waals surface area contributed by atoms with E-state index in [0.717, 1.165) is 12.8 Å². The first-order chi connectivity index (χ1) is 13.0. The highest BCUT2D eigenvalue weighted by atomic mass is 35.5. The SMILES string of the molecule is CC(C)N(Cc1c(Cl)cccc1Cl)C(=O)C1CCCCN1C(=O)OC(C)(C)C. The van der Waals surface area contributed by atoms with Gasteiger partial charge >= 0.3 is 6.09 Å². The highest BCUT2D eigenvalue weighted by molar-refractivity contribution is 6.36. The molecule has 1 unspecified atom stereocenters. The van der Waals surface area contributed by atoms with Crippen molar-refractivity contribution in [3.63, 3.8) is 0 Å². The average Bonchev–Trinajstić information content (AvgIpc) is 2.59. The maximum Gasteiger partial charge on any atom is 0.410 e. The number of benzene rings is 1. The Bertz CT molecular complexity index is 696. The third-order valence-electron chi connectivity index (χ3n) is 4.71. The van der Waals surface area contributed by atoms with E-state index >= 15 is 0 Å². The molecule has 0 aromatic heterocycles. The number of piperidine rings is 1. The van der Waals surface area contributed by atoms with E-state index in [1.165, 1.54) is 0 Å². The van der Waals surface area contributed by atoms with Crippen molar-refractivity contribution in [1.82, 2.24) is 9.80 Å². The Morgan fingerprint density at radius 1 is 1.21 bits per heavy atom. The fourth-order valence-electron chi connectivity index (χ4n) is 3.29. The molecule has 1 aliphatic heterocycles. The van der Waals surface area contributed by atoms with E-state index in [-0.39, 0.29) is 11.9 Å². The minimum absolute atomic E-state index is 0.0674. The maximum atomic E-state index is 13.4. The summed E-state index contributed by atoms with van der Waals surface area (Å²) >= 11 is 12.6. The Morgan fingerprint density at radius 3 is 2.36 bits per heavy atom. The Hall–Kier alpha value is -1.46. The summed E-state index contributed by atoms with van der Waals surface area (Å²) in [6.45, 7) is 10.2. The zero-order valence-electron chi connectivity index (χ0n) is 17.3. The Morgan fingerprint density at radius 2 is 1.82 bits per heavy atom. The summed E-state index contributed by atoms with van der Waals surface area (Å²) in [7, 11) is 0. The Kier molecular flexibility index (Phi) is 7.63. The quantitative estimate of drug-likeness (QED) is 0.633. The van der Waals surface area contributed by atoms with Crippen LogP contribution in [-0.4, -0.2) is 46.0 Å². The van der Waals surface area contributed by atoms with Gasteiger partial charge in [-0.2, -0.15) is 0 Å². The molecule has 0 aliphatic carbocycles. The molecule has 156 valence electrons. The number of rotatable bonds is 4. The minimum atomic E-state index is -0.606. The molecule has 1 aliphatic rings. The summed E-state index contributed by atoms with van der Waals surface area (Å²) in [5, 5.41) is 1.05. The van der Waals surface area contributed by atoms with Gasteiger partial charge in [-0.05, 0) is 66.0 Å². The minimum Gasteiger partial charge on any atom is -0.444 e. The molecule has 0 spiro atoms. The molecule has 2 amide bonds. The number of hydrogen-bond acceptors (Lipinski definition) is 3. The molecule has 28 heavy (non-hydrogen) atoms. The van der Waals surface area contributed by atoms with Crippen LogP contribution < -0.4 is 0 Å². The summed E-state index contributed by atoms with van der Waals surface area (Å²) in [6, 6.07) is 4.70. The normalized spacial score (nSPS) is 17.6. The summed E-state index contributed by atoms with van der Waals surface area (Å²) < 4.78 is 5.53. The lowest BCUT2D eigenvalue weighted by Crippen LogP contribution is -2.55. The van der Waals surface area contributed by atoms with Gasteiger partial charge in [0.25, 0.3) is 0 Å². The number of carbonyl (C=O) groups excluding carboxylic acids is 2. The molecule has 2 rings (SSSR count). The van der Waals surface area contributed by atoms with Crippen LogP contribution in [0.1, 0.15) is 59.4 Å². The van der Waals surface area contributed by atoms with Gasteiger partial charge in [0.05, 0.1) is 0 Å². The first-order valence-electron chi connectivity index (χ1n) is 9.74. The second-order valence-corrected chi connectivity index (χ2v) is 9.26. The topological polar surface area (TPSA) is 49.9 Å². The van der Waals surface area contributed by atoms with Gasteiger partial charge in [-0.15, -0.1) is 0 Å². The lowest BCUT2D eigenvalue weighted by molar-refractivity contribution is -0.140. The number of carbonyl (C=O) groups is 2. The van der Waals surface area contributed by atoms with Crippen LogP contribution in [0.25, 0.3) is 0 Å². The second-order valence-electron chi connectivity index (χ2n) is 8.45. The van der Waals surface area contributed by atoms with E-state index in [0.29, 0.717) is 35.1 Å². The van der Waals surface area contributed by atoms with Crippen molar-refractivity contribution >= 4 is 35.2 Å². The fraction of sp³-hybridized carbons (Fsp3) is 0.619. The molecule has 1 aromatic rings. The average molecular weight is 429 g/mol. The summed E-state index contributed by atoms with van der Waals surface area (Å²) in [4.78, 5) is 29.4. The summed E-state index contributed by atoms with van der Waals surface area (Å²) in [5.41, 5.74) is 0.109. The molecule has 1 atom stereocenters. The van der Waals surface area contributed by atoms with Crippen LogP contribution in [0.5, 0.6) is 0 Å². The van der Waals surface area contributed by atoms with Gasteiger partial charge < -0.3 is 9.64 Å². The van der Waals surface area contributed by atoms with Crippen molar-refractivity contribution in [1.29, 1.82) is 0 Å². The zero-order valence-corrected chi connectivity index (χ0v) is 18.8. The van der Waals surface area contributed by atoms with Crippen LogP contribution in [0.3, 0.4) is 0 Å². The predicted octanol–water partition coefficient (Wildman–Crippen LogP) is 5.52. The van der Waals surface area contributed by atoms with Crippen molar-refractivity contribution in [2.45, 2.75) is 78.1 Å². The van der Waals surface area contributed by atoms with E-state index in [1.807, 2.05) is 34.6 Å². The molecule has 1 saturated heterocycles. The number of amides is 2. The van der Waals surface area contributed by atoms with Gasteiger partial charge in [0, 0.05) is 34.7 Å². The third kappa shape index (κ3) is 5.77. The van der Waals surface area contributed by atoms with E-state index in [1.54, 1.807) is 28.0 Å². The maximum absolute atomic E-state index is 13.4. The first kappa shape index (κ1) is 22.8. The first-order valence-corrected chi connectivity index (χ1v) is 10.5. The van der Waals surface area contributed by atoms with E-state index in [9.17, 15) is 9.59 Å². The molecular weight excluding hydrogens is 399 g/mol. The largest absolute Gasteiger partial charge is 0.444 e. The highest BCUT2D eigenvalue weighted by Crippen LogP contribution is 2.28. The number of hydrogen-bond donors (Lipinski definition) is 0. The molecule has 7 heteroatoms. The standard InChI is InChI=1S/C21H30Cl2N2O3/c1-14(2)25(13-15-16(22)9-8-10-17(15)23)19(26)18-11-6-7-12-24(18)20(27)28-21(3,4)5/h8-10,14,18H,6-7,11-13H2,1-5H3. The highest BCUT2D eigenvalue weighted by Gasteiger charge is 2.37. The molecule has 0 radical (unpaired) electrons. The van der Waals surface area contributed by atoms with Crippen LogP contribution in [0.4, 0.5) is 4.79 Å². The van der Waals surface area contributed by atoms with Crippen molar-refractivity contribution < 1.29 is 14.3 Å². The molecule has 0 bridgehead atoms. The Balaban J connectivity index is 2.25. The van der Waals surface area contributed by atoms with E-state index in [4.69, 9.17) is 27.9 Å². The smallest absolute Gasteiger partial charge is 0.410 e. The number of halogens is 2. The van der Waals surface area contributed by atoms with Crippen molar-refractivity contribution in [2.24, 2.45) is 0 Å². The number of nitrogens with zero attached hydrogens (tertiary/aromatic N) is 2. The number of likely N-dealkylation sites (tertiary alicyclic amines) is 1. The van der Waals surface area contributed by atoms with Crippen molar-refractivity contribution in [3.05, 3.63) is 33.8 Å². The van der Waals surface area contributed by atoms with Crippen LogP contribution in [0.2, 0.25) is 10.0 Å². The van der Waals surface area contributed by atoms with Crippen LogP contribution in [-0.2, 0) is 16.1 Å². The van der Waals surface area contributed by atoms with Gasteiger partial charge in [0.15, 0.2) is 0 Å². The summed E-state index contributed by atoms with van der Waals surface area (Å²) in [5.74, 6) is -0.100. The van der Waals surface area contributed by atoms with Crippen molar-refractivity contribution in [2.75, 3.05) is 6.54 Å². The lowest BCUT2D eigenvalue weighted by atomic mass is 10.0. The monoisotopic (exact) mass is 428 g/mol. The van der Waals surface area contributed by atoms with Crippen molar-refractivity contribution in [3.8, 4) is 0 Å². The molecule has 0 saturated carbocycles. The lowest BCUT2D eigenvalue weighted by Gasteiger charge is -2.39. The summed E-state index contributed by atoms with van der Waals surface area (Å²) in [6.07, 6.45) is 1.94. The van der Waals surface area contributed by atoms with E-state index in [2.05, 4.69) is 0 Å². The molecular formula is C21H30Cl2N2O3. The Labute approximate surface area is 177 Å². The molecule has 5 nitrogen and oxygen atoms in total. The number of ether oxygens (including phenoxy) is 1. The zero-order chi connectivity index (χ0) is 21.1. The van der Waals surface area contributed by atoms with Gasteiger partial charge in [-0.25, -0.2) is 4.79 Å². The van der Waals surface area contributed by atoms with Crippen LogP contribution in [0.15, 0.2) is 18.2 Å². The molecule has 0 N–H and O–H groups in total. The molecule has 1 aromatic carbocycles. The van der Waals surface area contributed by atoms with Gasteiger partial charge in [-0.3, -0.25) is 9.69 Å². The van der Waals surface area contributed by atoms with Gasteiger partial charge in [0.1, 0.15) is 11.6 Å². The van der Waals surface area contributed by atoms with Gasteiger partial charge in [0.2, 0.25) is 5.91 Å². The molecule has 1 heterocycles. The predicted molar refractivity (Wildman–Crippen MR) is 113 cm³/mol. The van der Waals surface area contributed by atoms with Crippen LogP contribution in [0, 0.1) is 0 Å². The fourth-order valence-corrected chi connectivity index (χ4v) is 3.80.